The van der Waals surface area contributed by atoms with Crippen LogP contribution in [0.5, 0.6) is 0 Å². The van der Waals surface area contributed by atoms with Crippen molar-refractivity contribution in [3.63, 3.8) is 0 Å². The molecule has 3 atom stereocenters. The number of halogens is 1. The molecule has 1 saturated heterocycles. The van der Waals surface area contributed by atoms with E-state index < -0.39 is 23.9 Å². The number of imidazole rings is 1. The van der Waals surface area contributed by atoms with Gasteiger partial charge in [-0.3, -0.25) is 0 Å². The first-order valence-electron chi connectivity index (χ1n) is 9.93. The summed E-state index contributed by atoms with van der Waals surface area (Å²) in [7, 11) is 0. The molecule has 0 spiro atoms. The third kappa shape index (κ3) is 3.71. The van der Waals surface area contributed by atoms with Crippen LogP contribution in [0, 0.1) is 5.82 Å². The van der Waals surface area contributed by atoms with Crippen LogP contribution in [-0.2, 0) is 15.2 Å². The number of ether oxygens (including phenoxy) is 2. The van der Waals surface area contributed by atoms with Crippen LogP contribution in [0.2, 0.25) is 0 Å². The number of hydrogen-bond acceptors (Lipinski definition) is 4. The molecule has 0 aliphatic carbocycles. The molecule has 2 aromatic carbocycles. The summed E-state index contributed by atoms with van der Waals surface area (Å²) in [4.78, 5) is 4.19. The molecule has 0 radical (unpaired) electrons. The second-order valence-electron chi connectivity index (χ2n) is 7.27. The zero-order valence-electron chi connectivity index (χ0n) is 16.4. The maximum Gasteiger partial charge on any atom is 0.204 e. The monoisotopic (exact) mass is 396 g/mol. The van der Waals surface area contributed by atoms with Crippen molar-refractivity contribution in [2.24, 2.45) is 0 Å². The van der Waals surface area contributed by atoms with E-state index in [0.29, 0.717) is 29.7 Å². The summed E-state index contributed by atoms with van der Waals surface area (Å²) < 4.78 is 29.5. The van der Waals surface area contributed by atoms with Gasteiger partial charge in [-0.2, -0.15) is 0 Å². The molecule has 5 nitrogen and oxygen atoms in total. The molecule has 2 heterocycles. The molecule has 0 bridgehead atoms. The number of aliphatic hydroxyl groups is 1. The molecule has 0 saturated carbocycles. The number of nitrogens with zero attached hydrogens (tertiary/aromatic N) is 2. The van der Waals surface area contributed by atoms with E-state index in [-0.39, 0.29) is 0 Å². The van der Waals surface area contributed by atoms with Crippen molar-refractivity contribution in [2.45, 2.75) is 44.3 Å². The molecule has 1 aliphatic rings. The van der Waals surface area contributed by atoms with Gasteiger partial charge in [0.15, 0.2) is 6.29 Å². The molecule has 1 aromatic heterocycles. The van der Waals surface area contributed by atoms with Crippen molar-refractivity contribution in [3.8, 4) is 0 Å². The van der Waals surface area contributed by atoms with Crippen LogP contribution < -0.4 is 0 Å². The first-order valence-corrected chi connectivity index (χ1v) is 9.93. The van der Waals surface area contributed by atoms with Gasteiger partial charge in [0.1, 0.15) is 5.82 Å². The number of aliphatic hydroxyl groups excluding tert-OH is 1. The van der Waals surface area contributed by atoms with Gasteiger partial charge in [0, 0.05) is 30.1 Å². The Morgan fingerprint density at radius 3 is 2.59 bits per heavy atom. The Morgan fingerprint density at radius 2 is 1.93 bits per heavy atom. The highest BCUT2D eigenvalue weighted by Crippen LogP contribution is 2.42. The van der Waals surface area contributed by atoms with E-state index in [4.69, 9.17) is 9.47 Å². The molecule has 0 amide bonds. The normalized spacial score (nSPS) is 20.2. The lowest BCUT2D eigenvalue weighted by molar-refractivity contribution is -0.226. The first-order chi connectivity index (χ1) is 14.1. The Labute approximate surface area is 169 Å². The molecule has 152 valence electrons. The molecule has 1 aliphatic heterocycles. The number of benzene rings is 2. The van der Waals surface area contributed by atoms with Crippen molar-refractivity contribution in [3.05, 3.63) is 89.8 Å². The predicted molar refractivity (Wildman–Crippen MR) is 107 cm³/mol. The maximum absolute atomic E-state index is 15.2. The minimum absolute atomic E-state index is 0.334. The predicted octanol–water partition coefficient (Wildman–Crippen LogP) is 4.37. The van der Waals surface area contributed by atoms with Crippen LogP contribution in [0.4, 0.5) is 4.39 Å². The van der Waals surface area contributed by atoms with E-state index >= 15 is 4.39 Å². The van der Waals surface area contributed by atoms with Crippen LogP contribution in [0.25, 0.3) is 0 Å². The van der Waals surface area contributed by atoms with E-state index in [1.54, 1.807) is 48.4 Å². The van der Waals surface area contributed by atoms with Gasteiger partial charge in [0.2, 0.25) is 5.72 Å². The minimum atomic E-state index is -1.38. The summed E-state index contributed by atoms with van der Waals surface area (Å²) in [5.74, 6) is -0.405. The van der Waals surface area contributed by atoms with Crippen LogP contribution in [0.15, 0.2) is 67.3 Å². The Bertz CT molecular complexity index is 939. The lowest BCUT2D eigenvalue weighted by atomic mass is 9.87. The molecule has 3 aromatic rings. The van der Waals surface area contributed by atoms with Crippen LogP contribution in [0.1, 0.15) is 49.0 Å². The SMILES string of the molecule is CC(O)c1ccccc1C(OC1CCCCO1)(c1ccccc1F)n1ccnc1. The average Bonchev–Trinajstić information content (AvgIpc) is 3.29. The fraction of sp³-hybridized carbons (Fsp3) is 0.348. The van der Waals surface area contributed by atoms with Gasteiger partial charge in [-0.15, -0.1) is 0 Å². The highest BCUT2D eigenvalue weighted by Gasteiger charge is 2.44. The van der Waals surface area contributed by atoms with Crippen molar-refractivity contribution >= 4 is 0 Å². The third-order valence-corrected chi connectivity index (χ3v) is 5.32. The number of rotatable bonds is 6. The van der Waals surface area contributed by atoms with E-state index in [9.17, 15) is 5.11 Å². The summed E-state index contributed by atoms with van der Waals surface area (Å²) >= 11 is 0. The van der Waals surface area contributed by atoms with Gasteiger partial charge in [-0.25, -0.2) is 9.37 Å². The Hall–Kier alpha value is -2.54. The van der Waals surface area contributed by atoms with Crippen LogP contribution >= 0.6 is 0 Å². The molecule has 1 N–H and O–H groups in total. The van der Waals surface area contributed by atoms with Crippen LogP contribution in [-0.4, -0.2) is 27.6 Å². The molecule has 1 fully saturated rings. The number of aromatic nitrogens is 2. The second-order valence-corrected chi connectivity index (χ2v) is 7.27. The van der Waals surface area contributed by atoms with Crippen molar-refractivity contribution < 1.29 is 19.0 Å². The lowest BCUT2D eigenvalue weighted by Crippen LogP contribution is -2.44. The van der Waals surface area contributed by atoms with Gasteiger partial charge >= 0.3 is 0 Å². The molecular formula is C23H25FN2O3. The highest BCUT2D eigenvalue weighted by atomic mass is 19.1. The molecule has 3 unspecified atom stereocenters. The fourth-order valence-electron chi connectivity index (χ4n) is 3.96. The molecular weight excluding hydrogens is 371 g/mol. The largest absolute Gasteiger partial charge is 0.389 e. The summed E-state index contributed by atoms with van der Waals surface area (Å²) in [6.45, 7) is 2.29. The third-order valence-electron chi connectivity index (χ3n) is 5.32. The van der Waals surface area contributed by atoms with E-state index in [1.165, 1.54) is 6.07 Å². The lowest BCUT2D eigenvalue weighted by Gasteiger charge is -2.41. The van der Waals surface area contributed by atoms with Crippen molar-refractivity contribution in [1.29, 1.82) is 0 Å². The quantitative estimate of drug-likeness (QED) is 0.672. The zero-order chi connectivity index (χ0) is 20.3. The summed E-state index contributed by atoms with van der Waals surface area (Å²) in [6.07, 6.45) is 6.36. The second kappa shape index (κ2) is 8.45. The standard InChI is InChI=1S/C23H25FN2O3/c1-17(27)18-8-2-3-9-19(18)23(26-14-13-25-16-26,20-10-4-5-11-21(20)24)29-22-12-6-7-15-28-22/h2-5,8-11,13-14,16-17,22,27H,6-7,12,15H2,1H3. The maximum atomic E-state index is 15.2. The van der Waals surface area contributed by atoms with E-state index in [0.717, 1.165) is 12.8 Å². The highest BCUT2D eigenvalue weighted by molar-refractivity contribution is 5.43. The number of hydrogen-bond donors (Lipinski definition) is 1. The van der Waals surface area contributed by atoms with Gasteiger partial charge in [0.25, 0.3) is 0 Å². The fourth-order valence-corrected chi connectivity index (χ4v) is 3.96. The van der Waals surface area contributed by atoms with E-state index in [2.05, 4.69) is 4.98 Å². The van der Waals surface area contributed by atoms with Crippen molar-refractivity contribution in [1.82, 2.24) is 9.55 Å². The Morgan fingerprint density at radius 1 is 1.17 bits per heavy atom. The van der Waals surface area contributed by atoms with Gasteiger partial charge in [0.05, 0.1) is 12.4 Å². The minimum Gasteiger partial charge on any atom is -0.389 e. The van der Waals surface area contributed by atoms with Crippen LogP contribution in [0.3, 0.4) is 0 Å². The summed E-state index contributed by atoms with van der Waals surface area (Å²) in [5.41, 5.74) is 0.255. The van der Waals surface area contributed by atoms with Crippen molar-refractivity contribution in [2.75, 3.05) is 6.61 Å². The molecule has 4 rings (SSSR count). The van der Waals surface area contributed by atoms with Gasteiger partial charge in [-0.1, -0.05) is 42.5 Å². The first kappa shape index (κ1) is 19.8. The Balaban J connectivity index is 2.00. The summed E-state index contributed by atoms with van der Waals surface area (Å²) in [6, 6.07) is 13.9. The van der Waals surface area contributed by atoms with Gasteiger partial charge in [-0.05, 0) is 37.8 Å². The zero-order valence-corrected chi connectivity index (χ0v) is 16.4. The smallest absolute Gasteiger partial charge is 0.204 e. The topological polar surface area (TPSA) is 56.5 Å². The average molecular weight is 396 g/mol. The molecule has 29 heavy (non-hydrogen) atoms. The summed E-state index contributed by atoms with van der Waals surface area (Å²) in [5, 5.41) is 10.5. The Kier molecular flexibility index (Phi) is 5.76. The van der Waals surface area contributed by atoms with Gasteiger partial charge < -0.3 is 19.1 Å². The molecule has 6 heteroatoms. The van der Waals surface area contributed by atoms with E-state index in [1.807, 2.05) is 24.3 Å².